The van der Waals surface area contributed by atoms with Crippen LogP contribution < -0.4 is 21.1 Å². The summed E-state index contributed by atoms with van der Waals surface area (Å²) in [5.41, 5.74) is 5.51. The average molecular weight is 334 g/mol. The first-order valence-electron chi connectivity index (χ1n) is 7.78. The highest BCUT2D eigenvalue weighted by Crippen LogP contribution is 2.24. The van der Waals surface area contributed by atoms with Gasteiger partial charge in [0.2, 0.25) is 0 Å². The molecule has 4 N–H and O–H groups in total. The van der Waals surface area contributed by atoms with E-state index in [1.54, 1.807) is 24.1 Å². The Morgan fingerprint density at radius 1 is 1.25 bits per heavy atom. The van der Waals surface area contributed by atoms with E-state index in [0.717, 1.165) is 12.8 Å². The normalized spacial score (nSPS) is 14.8. The number of nitrogens with one attached hydrogen (secondary N) is 2. The minimum Gasteiger partial charge on any atom is -0.495 e. The number of primary amides is 1. The van der Waals surface area contributed by atoms with Crippen molar-refractivity contribution in [2.45, 2.75) is 12.8 Å². The lowest BCUT2D eigenvalue weighted by Gasteiger charge is -2.32. The number of para-hydroxylation sites is 2. The summed E-state index contributed by atoms with van der Waals surface area (Å²) in [6.07, 6.45) is 1.50. The molecular weight excluding hydrogens is 312 g/mol. The summed E-state index contributed by atoms with van der Waals surface area (Å²) in [6, 6.07) is 7.04. The van der Waals surface area contributed by atoms with Crippen molar-refractivity contribution in [2.24, 2.45) is 11.7 Å². The fraction of sp³-hybridized carbons (Fsp3) is 0.438. The Labute approximate surface area is 140 Å². The standard InChI is InChI=1S/C16H22N4O4/c1-24-13-5-3-2-4-12(13)19-16(23)20-8-6-11(7-9-20)10-18-15(22)14(17)21/h2-5,11H,6-10H2,1H3,(H2,17,21)(H,18,22)(H,19,23). The van der Waals surface area contributed by atoms with E-state index in [1.165, 1.54) is 0 Å². The van der Waals surface area contributed by atoms with Crippen molar-refractivity contribution in [3.8, 4) is 5.75 Å². The molecule has 2 rings (SSSR count). The third kappa shape index (κ3) is 4.61. The van der Waals surface area contributed by atoms with Crippen LogP contribution in [0.3, 0.4) is 0 Å². The molecule has 8 nitrogen and oxygen atoms in total. The number of carbonyl (C=O) groups is 3. The maximum absolute atomic E-state index is 12.3. The molecule has 1 saturated heterocycles. The Morgan fingerprint density at radius 2 is 1.92 bits per heavy atom. The van der Waals surface area contributed by atoms with E-state index < -0.39 is 11.8 Å². The molecule has 24 heavy (non-hydrogen) atoms. The molecule has 8 heteroatoms. The Hall–Kier alpha value is -2.77. The highest BCUT2D eigenvalue weighted by molar-refractivity contribution is 6.34. The van der Waals surface area contributed by atoms with Crippen molar-refractivity contribution in [3.05, 3.63) is 24.3 Å². The Kier molecular flexibility index (Phi) is 6.00. The summed E-state index contributed by atoms with van der Waals surface area (Å²) in [4.78, 5) is 35.9. The lowest BCUT2D eigenvalue weighted by molar-refractivity contribution is -0.137. The summed E-state index contributed by atoms with van der Waals surface area (Å²) < 4.78 is 5.21. The van der Waals surface area contributed by atoms with E-state index in [4.69, 9.17) is 10.5 Å². The highest BCUT2D eigenvalue weighted by atomic mass is 16.5. The number of ether oxygens (including phenoxy) is 1. The quantitative estimate of drug-likeness (QED) is 0.697. The summed E-state index contributed by atoms with van der Waals surface area (Å²) in [7, 11) is 1.55. The van der Waals surface area contributed by atoms with Gasteiger partial charge in [-0.05, 0) is 30.9 Å². The van der Waals surface area contributed by atoms with Crippen molar-refractivity contribution in [2.75, 3.05) is 32.1 Å². The first-order chi connectivity index (χ1) is 11.5. The van der Waals surface area contributed by atoms with Crippen LogP contribution in [0.5, 0.6) is 5.75 Å². The minimum absolute atomic E-state index is 0.181. The van der Waals surface area contributed by atoms with Gasteiger partial charge in [-0.25, -0.2) is 4.79 Å². The number of hydrogen-bond donors (Lipinski definition) is 3. The van der Waals surface area contributed by atoms with Crippen molar-refractivity contribution < 1.29 is 19.1 Å². The molecule has 1 aromatic carbocycles. The van der Waals surface area contributed by atoms with Crippen LogP contribution in [0.1, 0.15) is 12.8 Å². The number of benzene rings is 1. The van der Waals surface area contributed by atoms with Crippen molar-refractivity contribution >= 4 is 23.5 Å². The SMILES string of the molecule is COc1ccccc1NC(=O)N1CCC(CNC(=O)C(N)=O)CC1. The molecule has 1 aliphatic rings. The highest BCUT2D eigenvalue weighted by Gasteiger charge is 2.24. The fourth-order valence-electron chi connectivity index (χ4n) is 2.61. The predicted octanol–water partition coefficient (Wildman–Crippen LogP) is 0.541. The van der Waals surface area contributed by atoms with Gasteiger partial charge in [-0.3, -0.25) is 9.59 Å². The molecule has 1 fully saturated rings. The first kappa shape index (κ1) is 17.6. The molecule has 1 aliphatic heterocycles. The molecule has 0 aromatic heterocycles. The number of likely N-dealkylation sites (tertiary alicyclic amines) is 1. The zero-order chi connectivity index (χ0) is 17.5. The van der Waals surface area contributed by atoms with Crippen molar-refractivity contribution in [3.63, 3.8) is 0 Å². The number of carbonyl (C=O) groups excluding carboxylic acids is 3. The number of amides is 4. The molecule has 1 aromatic rings. The second kappa shape index (κ2) is 8.19. The minimum atomic E-state index is -0.983. The van der Waals surface area contributed by atoms with Gasteiger partial charge >= 0.3 is 17.8 Å². The van der Waals surface area contributed by atoms with E-state index in [9.17, 15) is 14.4 Å². The number of piperidine rings is 1. The van der Waals surface area contributed by atoms with Gasteiger partial charge in [0, 0.05) is 19.6 Å². The van der Waals surface area contributed by atoms with Gasteiger partial charge in [-0.2, -0.15) is 0 Å². The van der Waals surface area contributed by atoms with Gasteiger partial charge in [0.1, 0.15) is 5.75 Å². The predicted molar refractivity (Wildman–Crippen MR) is 88.5 cm³/mol. The second-order valence-electron chi connectivity index (χ2n) is 5.64. The van der Waals surface area contributed by atoms with Gasteiger partial charge in [0.15, 0.2) is 0 Å². The van der Waals surface area contributed by atoms with Crippen molar-refractivity contribution in [1.29, 1.82) is 0 Å². The summed E-state index contributed by atoms with van der Waals surface area (Å²) in [6.45, 7) is 1.56. The third-order valence-corrected chi connectivity index (χ3v) is 4.03. The molecule has 0 radical (unpaired) electrons. The summed E-state index contributed by atoms with van der Waals surface area (Å²) in [5, 5.41) is 5.34. The lowest BCUT2D eigenvalue weighted by Crippen LogP contribution is -2.44. The van der Waals surface area contributed by atoms with Gasteiger partial charge in [0.05, 0.1) is 12.8 Å². The van der Waals surface area contributed by atoms with Crippen LogP contribution in [0.15, 0.2) is 24.3 Å². The van der Waals surface area contributed by atoms with Gasteiger partial charge in [-0.1, -0.05) is 12.1 Å². The number of rotatable bonds is 4. The van der Waals surface area contributed by atoms with Crippen LogP contribution in [-0.4, -0.2) is 49.5 Å². The molecule has 0 unspecified atom stereocenters. The molecule has 0 aliphatic carbocycles. The van der Waals surface area contributed by atoms with Crippen LogP contribution in [0.25, 0.3) is 0 Å². The second-order valence-corrected chi connectivity index (χ2v) is 5.64. The zero-order valence-electron chi connectivity index (χ0n) is 13.6. The number of methoxy groups -OCH3 is 1. The van der Waals surface area contributed by atoms with E-state index in [2.05, 4.69) is 10.6 Å². The molecular formula is C16H22N4O4. The number of nitrogens with zero attached hydrogens (tertiary/aromatic N) is 1. The van der Waals surface area contributed by atoms with E-state index >= 15 is 0 Å². The third-order valence-electron chi connectivity index (χ3n) is 4.03. The Bertz CT molecular complexity index is 612. The monoisotopic (exact) mass is 334 g/mol. The molecule has 0 saturated carbocycles. The van der Waals surface area contributed by atoms with Crippen LogP contribution in [0.4, 0.5) is 10.5 Å². The Balaban J connectivity index is 1.80. The van der Waals surface area contributed by atoms with E-state index in [0.29, 0.717) is 31.1 Å². The van der Waals surface area contributed by atoms with Gasteiger partial charge in [0.25, 0.3) is 0 Å². The number of nitrogens with two attached hydrogens (primary N) is 1. The number of hydrogen-bond acceptors (Lipinski definition) is 4. The Morgan fingerprint density at radius 3 is 2.54 bits per heavy atom. The fourth-order valence-corrected chi connectivity index (χ4v) is 2.61. The topological polar surface area (TPSA) is 114 Å². The van der Waals surface area contributed by atoms with Gasteiger partial charge in [-0.15, -0.1) is 0 Å². The number of urea groups is 1. The summed E-state index contributed by atoms with van der Waals surface area (Å²) >= 11 is 0. The maximum atomic E-state index is 12.3. The van der Waals surface area contributed by atoms with Gasteiger partial charge < -0.3 is 26.0 Å². The zero-order valence-corrected chi connectivity index (χ0v) is 13.6. The first-order valence-corrected chi connectivity index (χ1v) is 7.78. The van der Waals surface area contributed by atoms with Crippen LogP contribution in [0, 0.1) is 5.92 Å². The van der Waals surface area contributed by atoms with E-state index in [-0.39, 0.29) is 11.9 Å². The smallest absolute Gasteiger partial charge is 0.321 e. The van der Waals surface area contributed by atoms with Crippen molar-refractivity contribution in [1.82, 2.24) is 10.2 Å². The molecule has 4 amide bonds. The number of anilines is 1. The van der Waals surface area contributed by atoms with Crippen LogP contribution in [-0.2, 0) is 9.59 Å². The molecule has 0 bridgehead atoms. The molecule has 130 valence electrons. The van der Waals surface area contributed by atoms with E-state index in [1.807, 2.05) is 12.1 Å². The lowest BCUT2D eigenvalue weighted by atomic mass is 9.97. The molecule has 0 spiro atoms. The maximum Gasteiger partial charge on any atom is 0.321 e. The largest absolute Gasteiger partial charge is 0.495 e. The molecule has 0 atom stereocenters. The molecule has 1 heterocycles. The van der Waals surface area contributed by atoms with Crippen LogP contribution in [0.2, 0.25) is 0 Å². The summed E-state index contributed by atoms with van der Waals surface area (Å²) in [5.74, 6) is -0.923. The average Bonchev–Trinajstić information content (AvgIpc) is 2.60. The van der Waals surface area contributed by atoms with Crippen LogP contribution >= 0.6 is 0 Å².